The lowest BCUT2D eigenvalue weighted by atomic mass is 9.84. The lowest BCUT2D eigenvalue weighted by Gasteiger charge is -2.34. The van der Waals surface area contributed by atoms with E-state index < -0.39 is 22.8 Å². The Hall–Kier alpha value is -1.34. The van der Waals surface area contributed by atoms with Crippen molar-refractivity contribution in [2.75, 3.05) is 19.0 Å². The summed E-state index contributed by atoms with van der Waals surface area (Å²) in [6.07, 6.45) is 0.552. The highest BCUT2D eigenvalue weighted by Gasteiger charge is 2.68. The van der Waals surface area contributed by atoms with Crippen molar-refractivity contribution in [2.45, 2.75) is 16.7 Å². The molecule has 3 atom stereocenters. The molecule has 1 aliphatic carbocycles. The summed E-state index contributed by atoms with van der Waals surface area (Å²) in [6, 6.07) is 4.03. The van der Waals surface area contributed by atoms with E-state index in [1.54, 1.807) is 0 Å². The van der Waals surface area contributed by atoms with E-state index in [4.69, 9.17) is 11.5 Å². The molecule has 0 spiro atoms. The molecule has 1 aliphatic heterocycles. The van der Waals surface area contributed by atoms with E-state index in [1.165, 1.54) is 30.0 Å². The maximum atomic E-state index is 14.1. The number of fused-ring (bicyclic) bond motifs is 1. The van der Waals surface area contributed by atoms with Crippen molar-refractivity contribution in [3.63, 3.8) is 0 Å². The molecule has 108 valence electrons. The van der Waals surface area contributed by atoms with Crippen LogP contribution in [0, 0.1) is 11.7 Å². The van der Waals surface area contributed by atoms with E-state index in [0.717, 1.165) is 0 Å². The number of rotatable bonds is 3. The third-order valence-electron chi connectivity index (χ3n) is 4.15. The van der Waals surface area contributed by atoms with Gasteiger partial charge in [-0.3, -0.25) is 0 Å². The molecule has 3 rings (SSSR count). The van der Waals surface area contributed by atoms with Crippen LogP contribution in [0.15, 0.2) is 23.2 Å². The number of aliphatic hydroxyl groups excluding tert-OH is 1. The first-order chi connectivity index (χ1) is 9.47. The van der Waals surface area contributed by atoms with Crippen LogP contribution in [0.5, 0.6) is 0 Å². The van der Waals surface area contributed by atoms with Gasteiger partial charge >= 0.3 is 0 Å². The first kappa shape index (κ1) is 13.6. The summed E-state index contributed by atoms with van der Waals surface area (Å²) in [6.45, 7) is -1.01. The molecule has 1 saturated carbocycles. The molecule has 0 radical (unpaired) electrons. The largest absolute Gasteiger partial charge is 0.399 e. The normalized spacial score (nSPS) is 35.4. The highest BCUT2D eigenvalue weighted by atomic mass is 32.2. The number of nitrogens with two attached hydrogens (primary N) is 2. The van der Waals surface area contributed by atoms with Crippen molar-refractivity contribution in [1.82, 2.24) is 0 Å². The number of nitrogen functional groups attached to an aromatic ring is 1. The van der Waals surface area contributed by atoms with Crippen LogP contribution in [0.25, 0.3) is 0 Å². The number of alkyl halides is 1. The summed E-state index contributed by atoms with van der Waals surface area (Å²) in [4.78, 5) is 4.20. The molecule has 0 bridgehead atoms. The van der Waals surface area contributed by atoms with E-state index in [9.17, 15) is 13.9 Å². The SMILES string of the molecule is NC1=N[C@](CF)(c2cc(N)ccc2F)[C@H]2C[C@@]2(CO)S1. The molecule has 1 fully saturated rings. The summed E-state index contributed by atoms with van der Waals surface area (Å²) in [5.74, 6) is -0.836. The Kier molecular flexibility index (Phi) is 2.95. The molecule has 1 heterocycles. The Balaban J connectivity index is 2.17. The highest BCUT2D eigenvalue weighted by molar-refractivity contribution is 8.15. The Morgan fingerprint density at radius 1 is 1.45 bits per heavy atom. The topological polar surface area (TPSA) is 84.6 Å². The molecule has 7 heteroatoms. The minimum Gasteiger partial charge on any atom is -0.399 e. The first-order valence-corrected chi connectivity index (χ1v) is 7.06. The molecular formula is C13H15F2N3OS. The summed E-state index contributed by atoms with van der Waals surface area (Å²) in [7, 11) is 0. The van der Waals surface area contributed by atoms with Crippen molar-refractivity contribution in [3.05, 3.63) is 29.6 Å². The van der Waals surface area contributed by atoms with Gasteiger partial charge in [-0.2, -0.15) is 0 Å². The van der Waals surface area contributed by atoms with E-state index in [-0.39, 0.29) is 23.3 Å². The molecule has 0 amide bonds. The van der Waals surface area contributed by atoms with Crippen molar-refractivity contribution >= 4 is 22.6 Å². The van der Waals surface area contributed by atoms with Gasteiger partial charge in [-0.05, 0) is 24.6 Å². The molecule has 20 heavy (non-hydrogen) atoms. The molecule has 0 unspecified atom stereocenters. The van der Waals surface area contributed by atoms with Gasteiger partial charge in [-0.1, -0.05) is 11.8 Å². The number of aliphatic hydroxyl groups is 1. The Morgan fingerprint density at radius 3 is 2.85 bits per heavy atom. The van der Waals surface area contributed by atoms with Gasteiger partial charge in [0.05, 0.1) is 11.4 Å². The van der Waals surface area contributed by atoms with Crippen molar-refractivity contribution in [1.29, 1.82) is 0 Å². The predicted molar refractivity (Wildman–Crippen MR) is 75.6 cm³/mol. The predicted octanol–water partition coefficient (Wildman–Crippen LogP) is 1.39. The van der Waals surface area contributed by atoms with E-state index in [1.807, 2.05) is 0 Å². The Labute approximate surface area is 119 Å². The Morgan fingerprint density at radius 2 is 2.20 bits per heavy atom. The third kappa shape index (κ3) is 1.73. The van der Waals surface area contributed by atoms with Crippen LogP contribution in [0.3, 0.4) is 0 Å². The Bertz CT molecular complexity index is 597. The second kappa shape index (κ2) is 4.33. The molecule has 0 aromatic heterocycles. The van der Waals surface area contributed by atoms with Gasteiger partial charge in [0.25, 0.3) is 0 Å². The summed E-state index contributed by atoms with van der Waals surface area (Å²) >= 11 is 1.24. The van der Waals surface area contributed by atoms with Gasteiger partial charge in [0.15, 0.2) is 5.17 Å². The van der Waals surface area contributed by atoms with Crippen LogP contribution in [-0.4, -0.2) is 28.3 Å². The van der Waals surface area contributed by atoms with Crippen LogP contribution in [-0.2, 0) is 5.54 Å². The third-order valence-corrected chi connectivity index (χ3v) is 5.43. The number of hydrogen-bond donors (Lipinski definition) is 3. The first-order valence-electron chi connectivity index (χ1n) is 6.24. The fourth-order valence-electron chi connectivity index (χ4n) is 3.03. The zero-order chi connectivity index (χ0) is 14.5. The zero-order valence-electron chi connectivity index (χ0n) is 10.6. The minimum absolute atomic E-state index is 0.114. The maximum absolute atomic E-state index is 14.1. The molecule has 0 saturated heterocycles. The van der Waals surface area contributed by atoms with Crippen molar-refractivity contribution in [2.24, 2.45) is 16.6 Å². The average molecular weight is 299 g/mol. The number of halogens is 2. The zero-order valence-corrected chi connectivity index (χ0v) is 11.5. The second-order valence-corrected chi connectivity index (χ2v) is 6.76. The molecule has 4 nitrogen and oxygen atoms in total. The van der Waals surface area contributed by atoms with Gasteiger partial charge in [-0.25, -0.2) is 13.8 Å². The van der Waals surface area contributed by atoms with Gasteiger partial charge in [0.1, 0.15) is 18.0 Å². The van der Waals surface area contributed by atoms with Crippen LogP contribution in [0.2, 0.25) is 0 Å². The number of nitrogens with zero attached hydrogens (tertiary/aromatic N) is 1. The lowest BCUT2D eigenvalue weighted by molar-refractivity contribution is 0.231. The smallest absolute Gasteiger partial charge is 0.155 e. The van der Waals surface area contributed by atoms with E-state index in [2.05, 4.69) is 4.99 Å². The number of thioether (sulfide) groups is 1. The number of aliphatic imine (C=N–C) groups is 1. The monoisotopic (exact) mass is 299 g/mol. The maximum Gasteiger partial charge on any atom is 0.155 e. The fourth-order valence-corrected chi connectivity index (χ4v) is 4.31. The standard InChI is InChI=1S/C13H15F2N3OS/c14-5-13(8-3-7(16)1-2-9(8)15)10-4-12(10,6-19)20-11(17)18-13/h1-3,10,19H,4-6,16H2,(H2,17,18)/t10-,12-,13+/m0/s1. The van der Waals surface area contributed by atoms with Gasteiger partial charge in [0.2, 0.25) is 0 Å². The minimum atomic E-state index is -1.38. The number of hydrogen-bond acceptors (Lipinski definition) is 5. The number of anilines is 1. The molecule has 2 aliphatic rings. The van der Waals surface area contributed by atoms with Crippen LogP contribution >= 0.6 is 11.8 Å². The van der Waals surface area contributed by atoms with Gasteiger partial charge in [0, 0.05) is 17.2 Å². The lowest BCUT2D eigenvalue weighted by Crippen LogP contribution is -2.41. The summed E-state index contributed by atoms with van der Waals surface area (Å²) in [5.41, 5.74) is 10.5. The average Bonchev–Trinajstić information content (AvgIpc) is 3.16. The second-order valence-electron chi connectivity index (χ2n) is 5.33. The van der Waals surface area contributed by atoms with Gasteiger partial charge in [-0.15, -0.1) is 0 Å². The summed E-state index contributed by atoms with van der Waals surface area (Å²) in [5, 5.41) is 9.71. The van der Waals surface area contributed by atoms with E-state index in [0.29, 0.717) is 12.1 Å². The van der Waals surface area contributed by atoms with Crippen molar-refractivity contribution < 1.29 is 13.9 Å². The molecule has 1 aromatic rings. The number of amidine groups is 1. The number of benzene rings is 1. The van der Waals surface area contributed by atoms with Crippen LogP contribution < -0.4 is 11.5 Å². The highest BCUT2D eigenvalue weighted by Crippen LogP contribution is 2.65. The fraction of sp³-hybridized carbons (Fsp3) is 0.462. The molecular weight excluding hydrogens is 284 g/mol. The van der Waals surface area contributed by atoms with Crippen molar-refractivity contribution in [3.8, 4) is 0 Å². The van der Waals surface area contributed by atoms with Crippen LogP contribution in [0.1, 0.15) is 12.0 Å². The van der Waals surface area contributed by atoms with Crippen LogP contribution in [0.4, 0.5) is 14.5 Å². The van der Waals surface area contributed by atoms with Gasteiger partial charge < -0.3 is 16.6 Å². The molecule has 5 N–H and O–H groups in total. The quantitative estimate of drug-likeness (QED) is 0.736. The van der Waals surface area contributed by atoms with E-state index >= 15 is 0 Å². The summed E-state index contributed by atoms with van der Waals surface area (Å²) < 4.78 is 27.4. The molecule has 1 aromatic carbocycles.